The monoisotopic (exact) mass is 389 g/mol. The molecule has 7 nitrogen and oxygen atoms in total. The zero-order chi connectivity index (χ0) is 20.4. The van der Waals surface area contributed by atoms with E-state index >= 15 is 0 Å². The van der Waals surface area contributed by atoms with Gasteiger partial charge in [-0.3, -0.25) is 14.6 Å². The maximum atomic E-state index is 12.6. The lowest BCUT2D eigenvalue weighted by molar-refractivity contribution is 0.102. The fourth-order valence-corrected chi connectivity index (χ4v) is 3.01. The summed E-state index contributed by atoms with van der Waals surface area (Å²) in [6.07, 6.45) is 2.84. The SMILES string of the molecule is Cc1ccc(NC(=O)c2cncc(C(=O)Nc3ccc4c(c3)OCO4)c2)c(C)c1. The van der Waals surface area contributed by atoms with Gasteiger partial charge >= 0.3 is 0 Å². The summed E-state index contributed by atoms with van der Waals surface area (Å²) in [7, 11) is 0. The molecule has 0 saturated carbocycles. The van der Waals surface area contributed by atoms with Crippen LogP contribution in [0, 0.1) is 13.8 Å². The van der Waals surface area contributed by atoms with Gasteiger partial charge in [-0.2, -0.15) is 0 Å². The average molecular weight is 389 g/mol. The Hall–Kier alpha value is -3.87. The van der Waals surface area contributed by atoms with Gasteiger partial charge in [-0.15, -0.1) is 0 Å². The van der Waals surface area contributed by atoms with Crippen LogP contribution in [0.4, 0.5) is 11.4 Å². The van der Waals surface area contributed by atoms with Crippen LogP contribution in [0.5, 0.6) is 11.5 Å². The zero-order valence-electron chi connectivity index (χ0n) is 16.0. The fraction of sp³-hybridized carbons (Fsp3) is 0.136. The number of hydrogen-bond donors (Lipinski definition) is 2. The van der Waals surface area contributed by atoms with Crippen molar-refractivity contribution in [1.29, 1.82) is 0 Å². The van der Waals surface area contributed by atoms with E-state index in [9.17, 15) is 9.59 Å². The number of ether oxygens (including phenoxy) is 2. The molecule has 0 radical (unpaired) electrons. The molecule has 2 amide bonds. The Bertz CT molecular complexity index is 1110. The minimum absolute atomic E-state index is 0.161. The van der Waals surface area contributed by atoms with Crippen LogP contribution < -0.4 is 20.1 Å². The van der Waals surface area contributed by atoms with Crippen molar-refractivity contribution in [2.24, 2.45) is 0 Å². The number of rotatable bonds is 4. The van der Waals surface area contributed by atoms with E-state index in [1.807, 2.05) is 32.0 Å². The summed E-state index contributed by atoms with van der Waals surface area (Å²) in [6, 6.07) is 12.4. The fourth-order valence-electron chi connectivity index (χ4n) is 3.01. The first-order valence-corrected chi connectivity index (χ1v) is 9.04. The van der Waals surface area contributed by atoms with Crippen molar-refractivity contribution in [1.82, 2.24) is 4.98 Å². The Morgan fingerprint density at radius 1 is 0.862 bits per heavy atom. The van der Waals surface area contributed by atoms with E-state index in [2.05, 4.69) is 15.6 Å². The molecular formula is C22H19N3O4. The molecule has 0 spiro atoms. The molecule has 29 heavy (non-hydrogen) atoms. The van der Waals surface area contributed by atoms with Gasteiger partial charge in [0.2, 0.25) is 6.79 Å². The van der Waals surface area contributed by atoms with E-state index in [1.165, 1.54) is 18.5 Å². The number of aromatic nitrogens is 1. The number of benzene rings is 2. The van der Waals surface area contributed by atoms with E-state index in [1.54, 1.807) is 18.2 Å². The Balaban J connectivity index is 1.49. The van der Waals surface area contributed by atoms with Gasteiger partial charge in [-0.1, -0.05) is 17.7 Å². The lowest BCUT2D eigenvalue weighted by atomic mass is 10.1. The van der Waals surface area contributed by atoms with Gasteiger partial charge in [0.05, 0.1) is 11.1 Å². The molecule has 4 rings (SSSR count). The highest BCUT2D eigenvalue weighted by molar-refractivity contribution is 6.08. The van der Waals surface area contributed by atoms with Gasteiger partial charge in [0.15, 0.2) is 11.5 Å². The van der Waals surface area contributed by atoms with Gasteiger partial charge in [-0.25, -0.2) is 0 Å². The van der Waals surface area contributed by atoms with Crippen LogP contribution >= 0.6 is 0 Å². The number of carbonyl (C=O) groups excluding carboxylic acids is 2. The second kappa shape index (κ2) is 7.63. The number of pyridine rings is 1. The summed E-state index contributed by atoms with van der Waals surface area (Å²) < 4.78 is 10.6. The first-order chi connectivity index (χ1) is 14.0. The third kappa shape index (κ3) is 4.03. The molecule has 2 N–H and O–H groups in total. The largest absolute Gasteiger partial charge is 0.454 e. The van der Waals surface area contributed by atoms with Crippen molar-refractivity contribution in [2.45, 2.75) is 13.8 Å². The minimum Gasteiger partial charge on any atom is -0.454 e. The highest BCUT2D eigenvalue weighted by Crippen LogP contribution is 2.34. The van der Waals surface area contributed by atoms with Crippen LogP contribution in [0.15, 0.2) is 54.9 Å². The number of nitrogens with zero attached hydrogens (tertiary/aromatic N) is 1. The van der Waals surface area contributed by atoms with Crippen molar-refractivity contribution in [3.8, 4) is 11.5 Å². The Morgan fingerprint density at radius 2 is 1.59 bits per heavy atom. The highest BCUT2D eigenvalue weighted by atomic mass is 16.7. The number of anilines is 2. The maximum absolute atomic E-state index is 12.6. The van der Waals surface area contributed by atoms with E-state index in [0.717, 1.165) is 16.8 Å². The van der Waals surface area contributed by atoms with E-state index < -0.39 is 0 Å². The first kappa shape index (κ1) is 18.5. The van der Waals surface area contributed by atoms with Crippen LogP contribution in [0.3, 0.4) is 0 Å². The Kier molecular flexibility index (Phi) is 4.87. The van der Waals surface area contributed by atoms with E-state index in [4.69, 9.17) is 9.47 Å². The second-order valence-electron chi connectivity index (χ2n) is 6.76. The van der Waals surface area contributed by atoms with Gasteiger partial charge in [0, 0.05) is 29.8 Å². The summed E-state index contributed by atoms with van der Waals surface area (Å²) >= 11 is 0. The van der Waals surface area contributed by atoms with Crippen LogP contribution in [0.2, 0.25) is 0 Å². The molecule has 0 aliphatic carbocycles. The van der Waals surface area contributed by atoms with Gasteiger partial charge in [0.1, 0.15) is 0 Å². The molecule has 3 aromatic rings. The van der Waals surface area contributed by atoms with Crippen LogP contribution in [-0.2, 0) is 0 Å². The lowest BCUT2D eigenvalue weighted by Gasteiger charge is -2.10. The molecule has 7 heteroatoms. The van der Waals surface area contributed by atoms with Crippen molar-refractivity contribution >= 4 is 23.2 Å². The number of aryl methyl sites for hydroxylation is 2. The molecule has 146 valence electrons. The predicted octanol–water partition coefficient (Wildman–Crippen LogP) is 3.93. The molecule has 2 aromatic carbocycles. The number of amides is 2. The second-order valence-corrected chi connectivity index (χ2v) is 6.76. The van der Waals surface area contributed by atoms with Crippen LogP contribution in [0.1, 0.15) is 31.8 Å². The first-order valence-electron chi connectivity index (χ1n) is 9.04. The summed E-state index contributed by atoms with van der Waals surface area (Å²) in [4.78, 5) is 29.2. The molecule has 1 aliphatic rings. The molecule has 1 aromatic heterocycles. The van der Waals surface area contributed by atoms with Crippen molar-refractivity contribution in [3.63, 3.8) is 0 Å². The summed E-state index contributed by atoms with van der Waals surface area (Å²) in [5.41, 5.74) is 3.92. The third-order valence-electron chi connectivity index (χ3n) is 4.52. The molecular weight excluding hydrogens is 370 g/mol. The lowest BCUT2D eigenvalue weighted by Crippen LogP contribution is -2.16. The maximum Gasteiger partial charge on any atom is 0.257 e. The molecule has 0 saturated heterocycles. The van der Waals surface area contributed by atoms with Crippen molar-refractivity contribution in [3.05, 3.63) is 77.1 Å². The van der Waals surface area contributed by atoms with E-state index in [-0.39, 0.29) is 24.2 Å². The number of fused-ring (bicyclic) bond motifs is 1. The molecule has 1 aliphatic heterocycles. The third-order valence-corrected chi connectivity index (χ3v) is 4.52. The standard InChI is InChI=1S/C22H19N3O4/c1-13-3-5-18(14(2)7-13)25-22(27)16-8-15(10-23-11-16)21(26)24-17-4-6-19-20(9-17)29-12-28-19/h3-11H,12H2,1-2H3,(H,24,26)(H,25,27). The molecule has 0 bridgehead atoms. The highest BCUT2D eigenvalue weighted by Gasteiger charge is 2.16. The quantitative estimate of drug-likeness (QED) is 0.706. The average Bonchev–Trinajstić information content (AvgIpc) is 3.18. The number of carbonyl (C=O) groups is 2. The van der Waals surface area contributed by atoms with Crippen molar-refractivity contribution in [2.75, 3.05) is 17.4 Å². The normalized spacial score (nSPS) is 11.8. The smallest absolute Gasteiger partial charge is 0.257 e. The van der Waals surface area contributed by atoms with Gasteiger partial charge < -0.3 is 20.1 Å². The topological polar surface area (TPSA) is 89.6 Å². The van der Waals surface area contributed by atoms with Gasteiger partial charge in [-0.05, 0) is 43.7 Å². The molecule has 2 heterocycles. The van der Waals surface area contributed by atoms with Crippen LogP contribution in [-0.4, -0.2) is 23.6 Å². The van der Waals surface area contributed by atoms with Gasteiger partial charge in [0.25, 0.3) is 11.8 Å². The molecule has 0 atom stereocenters. The number of hydrogen-bond acceptors (Lipinski definition) is 5. The molecule has 0 fully saturated rings. The minimum atomic E-state index is -0.377. The van der Waals surface area contributed by atoms with E-state index in [0.29, 0.717) is 22.7 Å². The summed E-state index contributed by atoms with van der Waals surface area (Å²) in [5, 5.41) is 5.63. The summed E-state index contributed by atoms with van der Waals surface area (Å²) in [5.74, 6) is 0.497. The predicted molar refractivity (Wildman–Crippen MR) is 109 cm³/mol. The molecule has 0 unspecified atom stereocenters. The van der Waals surface area contributed by atoms with Crippen molar-refractivity contribution < 1.29 is 19.1 Å². The Labute approximate surface area is 167 Å². The zero-order valence-corrected chi connectivity index (χ0v) is 16.0. The van der Waals surface area contributed by atoms with Crippen LogP contribution in [0.25, 0.3) is 0 Å². The summed E-state index contributed by atoms with van der Waals surface area (Å²) in [6.45, 7) is 4.08. The Morgan fingerprint density at radius 3 is 2.34 bits per heavy atom. The number of nitrogens with one attached hydrogen (secondary N) is 2.